The van der Waals surface area contributed by atoms with Gasteiger partial charge < -0.3 is 24.1 Å². The lowest BCUT2D eigenvalue weighted by atomic mass is 9.99. The van der Waals surface area contributed by atoms with Gasteiger partial charge in [-0.1, -0.05) is 24.3 Å². The molecule has 0 unspecified atom stereocenters. The number of nitrogens with one attached hydrogen (secondary N) is 1. The van der Waals surface area contributed by atoms with Gasteiger partial charge >= 0.3 is 0 Å². The van der Waals surface area contributed by atoms with Crippen LogP contribution in [-0.2, 0) is 0 Å². The highest BCUT2D eigenvalue weighted by Gasteiger charge is 2.22. The first kappa shape index (κ1) is 24.9. The second-order valence-electron chi connectivity index (χ2n) is 8.17. The normalized spacial score (nSPS) is 11.4. The number of hydrogen-bond donors (Lipinski definition) is 1. The molecule has 3 aromatic carbocycles. The van der Waals surface area contributed by atoms with Gasteiger partial charge in [0.1, 0.15) is 5.82 Å². The summed E-state index contributed by atoms with van der Waals surface area (Å²) in [5.41, 5.74) is 4.49. The number of Topliss-reactive ketones (excluding diaryl/α,β-unsaturated/α-hetero) is 1. The molecule has 0 bridgehead atoms. The maximum Gasteiger partial charge on any atom is 0.203 e. The van der Waals surface area contributed by atoms with Crippen molar-refractivity contribution in [3.63, 3.8) is 0 Å². The van der Waals surface area contributed by atoms with E-state index in [9.17, 15) is 4.79 Å². The largest absolute Gasteiger partial charge is 0.493 e. The van der Waals surface area contributed by atoms with Crippen LogP contribution in [0.5, 0.6) is 17.2 Å². The third kappa shape index (κ3) is 4.91. The lowest BCUT2D eigenvalue weighted by Crippen LogP contribution is -2.21. The van der Waals surface area contributed by atoms with Crippen molar-refractivity contribution >= 4 is 34.2 Å². The Morgan fingerprint density at radius 1 is 0.917 bits per heavy atom. The van der Waals surface area contributed by atoms with Crippen LogP contribution >= 0.6 is 0 Å². The van der Waals surface area contributed by atoms with E-state index in [-0.39, 0.29) is 5.78 Å². The Bertz CT molecular complexity index is 1330. The predicted octanol–water partition coefficient (Wildman–Crippen LogP) is 5.86. The summed E-state index contributed by atoms with van der Waals surface area (Å²) in [5, 5.41) is 0. The molecule has 0 saturated carbocycles. The first-order chi connectivity index (χ1) is 17.5. The molecule has 0 amide bonds. The molecule has 7 nitrogen and oxygen atoms in total. The third-order valence-corrected chi connectivity index (χ3v) is 6.15. The number of anilines is 1. The number of nitrogens with zero attached hydrogens (tertiary/aromatic N) is 2. The van der Waals surface area contributed by atoms with E-state index in [1.165, 1.54) is 21.3 Å². The fourth-order valence-electron chi connectivity index (χ4n) is 4.23. The van der Waals surface area contributed by atoms with E-state index in [0.717, 1.165) is 35.4 Å². The minimum atomic E-state index is -0.221. The van der Waals surface area contributed by atoms with Crippen LogP contribution in [0.25, 0.3) is 22.7 Å². The Morgan fingerprint density at radius 3 is 2.11 bits per heavy atom. The highest BCUT2D eigenvalue weighted by atomic mass is 16.5. The highest BCUT2D eigenvalue weighted by Crippen LogP contribution is 2.39. The summed E-state index contributed by atoms with van der Waals surface area (Å²) < 4.78 is 16.4. The fraction of sp³-hybridized carbons (Fsp3) is 0.241. The number of carbonyl (C=O) groups is 1. The average molecular weight is 486 g/mol. The van der Waals surface area contributed by atoms with Crippen molar-refractivity contribution in [1.29, 1.82) is 0 Å². The van der Waals surface area contributed by atoms with E-state index in [0.29, 0.717) is 34.2 Å². The van der Waals surface area contributed by atoms with Gasteiger partial charge in [-0.2, -0.15) is 0 Å². The number of methoxy groups -OCH3 is 3. The summed E-state index contributed by atoms with van der Waals surface area (Å²) in [7, 11) is 4.58. The van der Waals surface area contributed by atoms with Gasteiger partial charge in [-0.25, -0.2) is 4.98 Å². The number of carbonyl (C=O) groups excluding carboxylic acids is 1. The SMILES string of the molecule is CCN(CC)c1ccc(C=C(C(=O)c2cc(OC)c(OC)c(OC)c2)c2nc3ccccc3[nH]2)cc1. The van der Waals surface area contributed by atoms with Crippen molar-refractivity contribution in [2.24, 2.45) is 0 Å². The number of benzene rings is 3. The molecule has 0 spiro atoms. The van der Waals surface area contributed by atoms with E-state index in [4.69, 9.17) is 19.2 Å². The molecule has 0 aliphatic carbocycles. The lowest BCUT2D eigenvalue weighted by molar-refractivity contribution is 0.105. The minimum absolute atomic E-state index is 0.221. The third-order valence-electron chi connectivity index (χ3n) is 6.15. The second kappa shape index (κ2) is 11.0. The van der Waals surface area contributed by atoms with Crippen molar-refractivity contribution < 1.29 is 19.0 Å². The Balaban J connectivity index is 1.84. The van der Waals surface area contributed by atoms with Gasteiger partial charge in [0.2, 0.25) is 5.75 Å². The van der Waals surface area contributed by atoms with Crippen LogP contribution in [0.3, 0.4) is 0 Å². The van der Waals surface area contributed by atoms with Crippen molar-refractivity contribution in [2.45, 2.75) is 13.8 Å². The number of aromatic amines is 1. The zero-order valence-electron chi connectivity index (χ0n) is 21.3. The summed E-state index contributed by atoms with van der Waals surface area (Å²) in [6, 6.07) is 19.2. The maximum absolute atomic E-state index is 13.9. The van der Waals surface area contributed by atoms with Gasteiger partial charge in [-0.15, -0.1) is 0 Å². The first-order valence-electron chi connectivity index (χ1n) is 11.9. The molecule has 1 N–H and O–H groups in total. The number of hydrogen-bond acceptors (Lipinski definition) is 6. The minimum Gasteiger partial charge on any atom is -0.493 e. The van der Waals surface area contributed by atoms with Crippen LogP contribution in [-0.4, -0.2) is 50.2 Å². The van der Waals surface area contributed by atoms with Crippen molar-refractivity contribution in [1.82, 2.24) is 9.97 Å². The van der Waals surface area contributed by atoms with E-state index >= 15 is 0 Å². The molecule has 0 saturated heterocycles. The first-order valence-corrected chi connectivity index (χ1v) is 11.9. The smallest absolute Gasteiger partial charge is 0.203 e. The molecule has 1 heterocycles. The van der Waals surface area contributed by atoms with Crippen molar-refractivity contribution in [2.75, 3.05) is 39.3 Å². The molecule has 4 rings (SSSR count). The molecule has 4 aromatic rings. The quantitative estimate of drug-likeness (QED) is 0.224. The van der Waals surface area contributed by atoms with Crippen LogP contribution < -0.4 is 19.1 Å². The van der Waals surface area contributed by atoms with Gasteiger partial charge in [0.05, 0.1) is 37.9 Å². The standard InChI is InChI=1S/C29H31N3O4/c1-6-32(7-2)21-14-12-19(13-15-21)16-22(29-30-23-10-8-9-11-24(23)31-29)27(33)20-17-25(34-3)28(36-5)26(18-20)35-4/h8-18H,6-7H2,1-5H3,(H,30,31). The lowest BCUT2D eigenvalue weighted by Gasteiger charge is -2.20. The Labute approximate surface area is 211 Å². The molecule has 1 aromatic heterocycles. The molecule has 0 fully saturated rings. The van der Waals surface area contributed by atoms with Crippen LogP contribution in [0.15, 0.2) is 60.7 Å². The summed E-state index contributed by atoms with van der Waals surface area (Å²) in [6.07, 6.45) is 1.86. The molecule has 7 heteroatoms. The molecular formula is C29H31N3O4. The monoisotopic (exact) mass is 485 g/mol. The molecule has 0 aliphatic heterocycles. The topological polar surface area (TPSA) is 76.7 Å². The summed E-state index contributed by atoms with van der Waals surface area (Å²) in [5.74, 6) is 1.52. The number of aromatic nitrogens is 2. The van der Waals surface area contributed by atoms with Crippen LogP contribution in [0.1, 0.15) is 35.6 Å². The van der Waals surface area contributed by atoms with Crippen molar-refractivity contribution in [3.05, 3.63) is 77.6 Å². The summed E-state index contributed by atoms with van der Waals surface area (Å²) in [4.78, 5) is 24.2. The van der Waals surface area contributed by atoms with Crippen LogP contribution in [0, 0.1) is 0 Å². The number of fused-ring (bicyclic) bond motifs is 1. The number of ether oxygens (including phenoxy) is 3. The van der Waals surface area contributed by atoms with Gasteiger partial charge in [-0.05, 0) is 61.9 Å². The highest BCUT2D eigenvalue weighted by molar-refractivity contribution is 6.32. The van der Waals surface area contributed by atoms with Gasteiger partial charge in [0.15, 0.2) is 17.3 Å². The van der Waals surface area contributed by atoms with Crippen LogP contribution in [0.4, 0.5) is 5.69 Å². The number of rotatable bonds is 10. The van der Waals surface area contributed by atoms with Crippen molar-refractivity contribution in [3.8, 4) is 17.2 Å². The molecule has 0 radical (unpaired) electrons. The second-order valence-corrected chi connectivity index (χ2v) is 8.17. The zero-order chi connectivity index (χ0) is 25.7. The molecule has 0 aliphatic rings. The van der Waals surface area contributed by atoms with Gasteiger partial charge in [-0.3, -0.25) is 4.79 Å². The number of imidazole rings is 1. The molecule has 36 heavy (non-hydrogen) atoms. The predicted molar refractivity (Wildman–Crippen MR) is 144 cm³/mol. The van der Waals surface area contributed by atoms with E-state index in [1.54, 1.807) is 12.1 Å². The van der Waals surface area contributed by atoms with E-state index in [1.807, 2.05) is 42.5 Å². The summed E-state index contributed by atoms with van der Waals surface area (Å²) >= 11 is 0. The van der Waals surface area contributed by atoms with E-state index in [2.05, 4.69) is 35.9 Å². The maximum atomic E-state index is 13.9. The molecule has 186 valence electrons. The summed E-state index contributed by atoms with van der Waals surface area (Å²) in [6.45, 7) is 6.12. The number of ketones is 1. The Kier molecular flexibility index (Phi) is 7.59. The molecular weight excluding hydrogens is 454 g/mol. The number of allylic oxidation sites excluding steroid dienone is 1. The Hall–Kier alpha value is -4.26. The van der Waals surface area contributed by atoms with Crippen LogP contribution in [0.2, 0.25) is 0 Å². The average Bonchev–Trinajstić information content (AvgIpc) is 3.36. The zero-order valence-corrected chi connectivity index (χ0v) is 21.3. The van der Waals surface area contributed by atoms with Gasteiger partial charge in [0, 0.05) is 24.3 Å². The number of para-hydroxylation sites is 2. The Morgan fingerprint density at radius 2 is 1.56 bits per heavy atom. The van der Waals surface area contributed by atoms with Gasteiger partial charge in [0.25, 0.3) is 0 Å². The number of H-pyrrole nitrogens is 1. The molecule has 0 atom stereocenters. The fourth-order valence-corrected chi connectivity index (χ4v) is 4.23. The van der Waals surface area contributed by atoms with E-state index < -0.39 is 0 Å².